The van der Waals surface area contributed by atoms with Gasteiger partial charge in [-0.15, -0.1) is 0 Å². The van der Waals surface area contributed by atoms with Crippen LogP contribution in [0.1, 0.15) is 17.4 Å². The van der Waals surface area contributed by atoms with Crippen molar-refractivity contribution in [3.63, 3.8) is 0 Å². The van der Waals surface area contributed by atoms with Crippen molar-refractivity contribution in [1.29, 1.82) is 0 Å². The van der Waals surface area contributed by atoms with Crippen LogP contribution in [0.15, 0.2) is 53.1 Å². The van der Waals surface area contributed by atoms with Crippen LogP contribution in [-0.2, 0) is 0 Å². The maximum absolute atomic E-state index is 5.54. The van der Waals surface area contributed by atoms with E-state index in [9.17, 15) is 0 Å². The lowest BCUT2D eigenvalue weighted by atomic mass is 10.1. The Hall–Kier alpha value is -1.85. The first-order chi connectivity index (χ1) is 10.2. The molecular formula is C16H21N3OS. The van der Waals surface area contributed by atoms with Gasteiger partial charge in [-0.25, -0.2) is 0 Å². The molecule has 2 rings (SSSR count). The van der Waals surface area contributed by atoms with Gasteiger partial charge in [0.05, 0.1) is 6.26 Å². The Kier molecular flexibility index (Phi) is 5.78. The van der Waals surface area contributed by atoms with Crippen molar-refractivity contribution in [2.75, 3.05) is 27.2 Å². The van der Waals surface area contributed by atoms with Crippen molar-refractivity contribution < 1.29 is 4.42 Å². The third kappa shape index (κ3) is 4.88. The minimum absolute atomic E-state index is 0.0828. The Labute approximate surface area is 131 Å². The van der Waals surface area contributed by atoms with Gasteiger partial charge in [0.15, 0.2) is 5.11 Å². The molecule has 0 saturated heterocycles. The lowest BCUT2D eigenvalue weighted by Gasteiger charge is -2.20. The van der Waals surface area contributed by atoms with Crippen molar-refractivity contribution >= 4 is 17.3 Å². The standard InChI is InChI=1S/C16H21N3OS/c1-19(2)11-10-17-16(21)18-15(14-9-6-12-20-14)13-7-4-3-5-8-13/h3-9,12,15H,10-11H2,1-2H3,(H2,17,18,21)/t15-/m0/s1. The van der Waals surface area contributed by atoms with Gasteiger partial charge >= 0.3 is 0 Å². The quantitative estimate of drug-likeness (QED) is 0.802. The van der Waals surface area contributed by atoms with Crippen molar-refractivity contribution in [2.24, 2.45) is 0 Å². The Balaban J connectivity index is 2.02. The van der Waals surface area contributed by atoms with Gasteiger partial charge in [-0.2, -0.15) is 0 Å². The topological polar surface area (TPSA) is 40.4 Å². The maximum Gasteiger partial charge on any atom is 0.167 e. The van der Waals surface area contributed by atoms with Crippen LogP contribution in [0.4, 0.5) is 0 Å². The third-order valence-electron chi connectivity index (χ3n) is 3.08. The van der Waals surface area contributed by atoms with E-state index in [1.54, 1.807) is 6.26 Å². The average Bonchev–Trinajstić information content (AvgIpc) is 2.99. The van der Waals surface area contributed by atoms with Crippen LogP contribution in [-0.4, -0.2) is 37.2 Å². The molecule has 0 spiro atoms. The molecule has 0 amide bonds. The number of nitrogens with zero attached hydrogens (tertiary/aromatic N) is 1. The molecule has 1 heterocycles. The fourth-order valence-corrected chi connectivity index (χ4v) is 2.21. The van der Waals surface area contributed by atoms with Crippen LogP contribution in [0.2, 0.25) is 0 Å². The number of rotatable bonds is 6. The normalized spacial score (nSPS) is 12.1. The molecular weight excluding hydrogens is 282 g/mol. The third-order valence-corrected chi connectivity index (χ3v) is 3.34. The van der Waals surface area contributed by atoms with Gasteiger partial charge in [-0.05, 0) is 44.0 Å². The van der Waals surface area contributed by atoms with Gasteiger partial charge in [0.2, 0.25) is 0 Å². The smallest absolute Gasteiger partial charge is 0.167 e. The molecule has 1 aromatic carbocycles. The Morgan fingerprint density at radius 1 is 1.19 bits per heavy atom. The molecule has 5 heteroatoms. The van der Waals surface area contributed by atoms with E-state index in [0.29, 0.717) is 5.11 Å². The highest BCUT2D eigenvalue weighted by Crippen LogP contribution is 2.22. The highest BCUT2D eigenvalue weighted by atomic mass is 32.1. The zero-order valence-electron chi connectivity index (χ0n) is 12.4. The van der Waals surface area contributed by atoms with Crippen LogP contribution < -0.4 is 10.6 Å². The first-order valence-corrected chi connectivity index (χ1v) is 7.35. The molecule has 0 bridgehead atoms. The summed E-state index contributed by atoms with van der Waals surface area (Å²) in [6.07, 6.45) is 1.68. The van der Waals surface area contributed by atoms with Gasteiger partial charge in [-0.3, -0.25) is 0 Å². The van der Waals surface area contributed by atoms with E-state index in [-0.39, 0.29) is 6.04 Å². The molecule has 0 unspecified atom stereocenters. The van der Waals surface area contributed by atoms with E-state index >= 15 is 0 Å². The maximum atomic E-state index is 5.54. The lowest BCUT2D eigenvalue weighted by molar-refractivity contribution is 0.411. The van der Waals surface area contributed by atoms with E-state index in [1.165, 1.54) is 0 Å². The average molecular weight is 303 g/mol. The van der Waals surface area contributed by atoms with Crippen LogP contribution in [0.25, 0.3) is 0 Å². The van der Waals surface area contributed by atoms with Crippen LogP contribution >= 0.6 is 12.2 Å². The number of nitrogens with one attached hydrogen (secondary N) is 2. The van der Waals surface area contributed by atoms with Crippen LogP contribution in [0.5, 0.6) is 0 Å². The molecule has 2 N–H and O–H groups in total. The highest BCUT2D eigenvalue weighted by Gasteiger charge is 2.17. The summed E-state index contributed by atoms with van der Waals surface area (Å²) in [5.74, 6) is 0.845. The molecule has 1 aromatic heterocycles. The summed E-state index contributed by atoms with van der Waals surface area (Å²) in [5.41, 5.74) is 1.12. The largest absolute Gasteiger partial charge is 0.467 e. The molecule has 0 aliphatic rings. The first kappa shape index (κ1) is 15.5. The fraction of sp³-hybridized carbons (Fsp3) is 0.312. The summed E-state index contributed by atoms with van der Waals surface area (Å²) in [6, 6.07) is 13.9. The molecule has 4 nitrogen and oxygen atoms in total. The SMILES string of the molecule is CN(C)CCNC(=S)N[C@@H](c1ccccc1)c1ccco1. The van der Waals surface area contributed by atoms with Gasteiger partial charge in [0, 0.05) is 13.1 Å². The van der Waals surface area contributed by atoms with Crippen molar-refractivity contribution in [2.45, 2.75) is 6.04 Å². The van der Waals surface area contributed by atoms with Crippen LogP contribution in [0.3, 0.4) is 0 Å². The molecule has 0 saturated carbocycles. The van der Waals surface area contributed by atoms with Crippen molar-refractivity contribution in [1.82, 2.24) is 15.5 Å². The monoisotopic (exact) mass is 303 g/mol. The summed E-state index contributed by atoms with van der Waals surface area (Å²) < 4.78 is 5.54. The predicted molar refractivity (Wildman–Crippen MR) is 89.3 cm³/mol. The number of thiocarbonyl (C=S) groups is 1. The fourth-order valence-electron chi connectivity index (χ4n) is 1.99. The molecule has 1 atom stereocenters. The molecule has 0 aliphatic carbocycles. The second-order valence-corrected chi connectivity index (χ2v) is 5.47. The second-order valence-electron chi connectivity index (χ2n) is 5.06. The second kappa shape index (κ2) is 7.81. The zero-order valence-corrected chi connectivity index (χ0v) is 13.2. The number of hydrogen-bond donors (Lipinski definition) is 2. The number of benzene rings is 1. The lowest BCUT2D eigenvalue weighted by Crippen LogP contribution is -2.40. The predicted octanol–water partition coefficient (Wildman–Crippen LogP) is 2.39. The number of hydrogen-bond acceptors (Lipinski definition) is 3. The molecule has 0 radical (unpaired) electrons. The van der Waals surface area contributed by atoms with Crippen molar-refractivity contribution in [3.8, 4) is 0 Å². The first-order valence-electron chi connectivity index (χ1n) is 6.94. The summed E-state index contributed by atoms with van der Waals surface area (Å²) in [5, 5.41) is 7.16. The Morgan fingerprint density at radius 3 is 2.57 bits per heavy atom. The molecule has 2 aromatic rings. The Bertz CT molecular complexity index is 540. The van der Waals surface area contributed by atoms with Gasteiger partial charge in [-0.1, -0.05) is 30.3 Å². The molecule has 0 fully saturated rings. The molecule has 112 valence electrons. The van der Waals surface area contributed by atoms with E-state index < -0.39 is 0 Å². The minimum atomic E-state index is -0.0828. The van der Waals surface area contributed by atoms with Gasteiger partial charge in [0.25, 0.3) is 0 Å². The van der Waals surface area contributed by atoms with E-state index in [4.69, 9.17) is 16.6 Å². The van der Waals surface area contributed by atoms with E-state index in [0.717, 1.165) is 24.4 Å². The minimum Gasteiger partial charge on any atom is -0.467 e. The summed E-state index contributed by atoms with van der Waals surface area (Å²) in [7, 11) is 4.07. The van der Waals surface area contributed by atoms with Crippen LogP contribution in [0, 0.1) is 0 Å². The summed E-state index contributed by atoms with van der Waals surface area (Å²) in [4.78, 5) is 2.11. The van der Waals surface area contributed by atoms with Gasteiger partial charge in [0.1, 0.15) is 11.8 Å². The molecule has 0 aliphatic heterocycles. The highest BCUT2D eigenvalue weighted by molar-refractivity contribution is 7.80. The zero-order chi connectivity index (χ0) is 15.1. The number of likely N-dealkylation sites (N-methyl/N-ethyl adjacent to an activating group) is 1. The molecule has 21 heavy (non-hydrogen) atoms. The summed E-state index contributed by atoms with van der Waals surface area (Å²) >= 11 is 5.37. The number of furan rings is 1. The van der Waals surface area contributed by atoms with E-state index in [1.807, 2.05) is 44.4 Å². The van der Waals surface area contributed by atoms with Gasteiger partial charge < -0.3 is 20.0 Å². The van der Waals surface area contributed by atoms with E-state index in [2.05, 4.69) is 27.7 Å². The Morgan fingerprint density at radius 2 is 1.95 bits per heavy atom. The summed E-state index contributed by atoms with van der Waals surface area (Å²) in [6.45, 7) is 1.73. The van der Waals surface area contributed by atoms with Crippen molar-refractivity contribution in [3.05, 3.63) is 60.1 Å².